The molecule has 0 spiro atoms. The number of thioether (sulfide) groups is 1. The molecule has 0 heterocycles. The SMILES string of the molecule is NCc1cc(Br)ccc1SCCO. The molecule has 1 aromatic carbocycles. The van der Waals surface area contributed by atoms with E-state index in [0.717, 1.165) is 14.9 Å². The molecule has 0 bridgehead atoms. The molecule has 2 nitrogen and oxygen atoms in total. The van der Waals surface area contributed by atoms with E-state index >= 15 is 0 Å². The molecule has 1 aromatic rings. The maximum absolute atomic E-state index is 8.68. The fourth-order valence-electron chi connectivity index (χ4n) is 1.00. The van der Waals surface area contributed by atoms with E-state index in [4.69, 9.17) is 10.8 Å². The molecule has 13 heavy (non-hydrogen) atoms. The van der Waals surface area contributed by atoms with E-state index in [-0.39, 0.29) is 6.61 Å². The van der Waals surface area contributed by atoms with Crippen LogP contribution in [0, 0.1) is 0 Å². The predicted molar refractivity (Wildman–Crippen MR) is 59.8 cm³/mol. The quantitative estimate of drug-likeness (QED) is 0.816. The Kier molecular flexibility index (Phi) is 4.80. The molecule has 0 fully saturated rings. The summed E-state index contributed by atoms with van der Waals surface area (Å²) in [7, 11) is 0. The van der Waals surface area contributed by atoms with E-state index in [0.29, 0.717) is 12.3 Å². The van der Waals surface area contributed by atoms with Crippen molar-refractivity contribution in [2.75, 3.05) is 12.4 Å². The van der Waals surface area contributed by atoms with E-state index in [1.807, 2.05) is 18.2 Å². The average molecular weight is 262 g/mol. The molecule has 0 atom stereocenters. The van der Waals surface area contributed by atoms with Crippen LogP contribution in [0.5, 0.6) is 0 Å². The number of aliphatic hydroxyl groups is 1. The maximum Gasteiger partial charge on any atom is 0.0525 e. The predicted octanol–water partition coefficient (Wildman–Crippen LogP) is 1.99. The highest BCUT2D eigenvalue weighted by Crippen LogP contribution is 2.25. The third kappa shape index (κ3) is 3.31. The fourth-order valence-corrected chi connectivity index (χ4v) is 2.22. The first kappa shape index (κ1) is 11.0. The van der Waals surface area contributed by atoms with Gasteiger partial charge in [0.15, 0.2) is 0 Å². The van der Waals surface area contributed by atoms with Crippen LogP contribution in [-0.2, 0) is 6.54 Å². The van der Waals surface area contributed by atoms with E-state index in [9.17, 15) is 0 Å². The Bertz CT molecular complexity index is 280. The molecular formula is C9H12BrNOS. The molecule has 72 valence electrons. The van der Waals surface area contributed by atoms with Crippen LogP contribution in [0.3, 0.4) is 0 Å². The number of nitrogens with two attached hydrogens (primary N) is 1. The smallest absolute Gasteiger partial charge is 0.0525 e. The molecule has 4 heteroatoms. The van der Waals surface area contributed by atoms with Crippen molar-refractivity contribution in [3.8, 4) is 0 Å². The monoisotopic (exact) mass is 261 g/mol. The number of benzene rings is 1. The van der Waals surface area contributed by atoms with Crippen LogP contribution in [0.25, 0.3) is 0 Å². The summed E-state index contributed by atoms with van der Waals surface area (Å²) in [5.74, 6) is 0.717. The van der Waals surface area contributed by atoms with Gasteiger partial charge in [0.2, 0.25) is 0 Å². The second kappa shape index (κ2) is 5.65. The van der Waals surface area contributed by atoms with Gasteiger partial charge in [-0.3, -0.25) is 0 Å². The van der Waals surface area contributed by atoms with Crippen LogP contribution in [0.2, 0.25) is 0 Å². The zero-order chi connectivity index (χ0) is 9.68. The minimum Gasteiger partial charge on any atom is -0.396 e. The first-order valence-electron chi connectivity index (χ1n) is 4.00. The third-order valence-electron chi connectivity index (χ3n) is 1.59. The minimum absolute atomic E-state index is 0.199. The summed E-state index contributed by atoms with van der Waals surface area (Å²) in [6.07, 6.45) is 0. The van der Waals surface area contributed by atoms with Crippen LogP contribution < -0.4 is 5.73 Å². The highest BCUT2D eigenvalue weighted by atomic mass is 79.9. The second-order valence-electron chi connectivity index (χ2n) is 2.53. The lowest BCUT2D eigenvalue weighted by Gasteiger charge is -2.06. The minimum atomic E-state index is 0.199. The number of hydrogen-bond donors (Lipinski definition) is 2. The fraction of sp³-hybridized carbons (Fsp3) is 0.333. The van der Waals surface area contributed by atoms with Gasteiger partial charge in [0, 0.05) is 21.7 Å². The van der Waals surface area contributed by atoms with E-state index in [1.54, 1.807) is 11.8 Å². The van der Waals surface area contributed by atoms with Gasteiger partial charge in [-0.05, 0) is 23.8 Å². The molecule has 0 unspecified atom stereocenters. The molecule has 3 N–H and O–H groups in total. The molecule has 0 aliphatic heterocycles. The molecular weight excluding hydrogens is 250 g/mol. The summed E-state index contributed by atoms with van der Waals surface area (Å²) in [6.45, 7) is 0.734. The first-order chi connectivity index (χ1) is 6.27. The summed E-state index contributed by atoms with van der Waals surface area (Å²) < 4.78 is 1.04. The Morgan fingerprint density at radius 3 is 2.85 bits per heavy atom. The van der Waals surface area contributed by atoms with Crippen LogP contribution in [0.4, 0.5) is 0 Å². The lowest BCUT2D eigenvalue weighted by Crippen LogP contribution is -1.99. The Hall–Kier alpha value is -0.0300. The van der Waals surface area contributed by atoms with Gasteiger partial charge in [0.25, 0.3) is 0 Å². The summed E-state index contributed by atoms with van der Waals surface area (Å²) in [5.41, 5.74) is 6.71. The van der Waals surface area contributed by atoms with Gasteiger partial charge >= 0.3 is 0 Å². The normalized spacial score (nSPS) is 10.4. The van der Waals surface area contributed by atoms with Gasteiger partial charge in [0.05, 0.1) is 6.61 Å². The summed E-state index contributed by atoms with van der Waals surface area (Å²) in [4.78, 5) is 1.15. The van der Waals surface area contributed by atoms with Crippen LogP contribution >= 0.6 is 27.7 Å². The van der Waals surface area contributed by atoms with Crippen molar-refractivity contribution in [3.05, 3.63) is 28.2 Å². The molecule has 0 amide bonds. The number of hydrogen-bond acceptors (Lipinski definition) is 3. The number of halogens is 1. The van der Waals surface area contributed by atoms with Gasteiger partial charge in [-0.1, -0.05) is 15.9 Å². The van der Waals surface area contributed by atoms with Crippen molar-refractivity contribution in [1.29, 1.82) is 0 Å². The molecule has 0 aliphatic carbocycles. The molecule has 1 rings (SSSR count). The third-order valence-corrected chi connectivity index (χ3v) is 3.18. The zero-order valence-electron chi connectivity index (χ0n) is 7.16. The summed E-state index contributed by atoms with van der Waals surface area (Å²) in [6, 6.07) is 6.02. The molecule has 0 aliphatic rings. The zero-order valence-corrected chi connectivity index (χ0v) is 9.57. The highest BCUT2D eigenvalue weighted by molar-refractivity contribution is 9.10. The Balaban J connectivity index is 2.79. The Morgan fingerprint density at radius 1 is 1.46 bits per heavy atom. The van der Waals surface area contributed by atoms with E-state index in [2.05, 4.69) is 15.9 Å². The summed E-state index contributed by atoms with van der Waals surface area (Å²) in [5, 5.41) is 8.68. The van der Waals surface area contributed by atoms with Crippen molar-refractivity contribution < 1.29 is 5.11 Å². The molecule has 0 aromatic heterocycles. The van der Waals surface area contributed by atoms with Crippen molar-refractivity contribution in [2.24, 2.45) is 5.73 Å². The first-order valence-corrected chi connectivity index (χ1v) is 5.78. The Morgan fingerprint density at radius 2 is 2.23 bits per heavy atom. The highest BCUT2D eigenvalue weighted by Gasteiger charge is 2.01. The van der Waals surface area contributed by atoms with Crippen LogP contribution in [-0.4, -0.2) is 17.5 Å². The van der Waals surface area contributed by atoms with Crippen molar-refractivity contribution in [2.45, 2.75) is 11.4 Å². The Labute approximate surface area is 90.7 Å². The number of aliphatic hydroxyl groups excluding tert-OH is 1. The maximum atomic E-state index is 8.68. The van der Waals surface area contributed by atoms with Crippen molar-refractivity contribution in [1.82, 2.24) is 0 Å². The van der Waals surface area contributed by atoms with Crippen LogP contribution in [0.15, 0.2) is 27.6 Å². The van der Waals surface area contributed by atoms with Crippen molar-refractivity contribution in [3.63, 3.8) is 0 Å². The van der Waals surface area contributed by atoms with Gasteiger partial charge in [-0.25, -0.2) is 0 Å². The summed E-state index contributed by atoms with van der Waals surface area (Å²) >= 11 is 5.02. The van der Waals surface area contributed by atoms with Gasteiger partial charge in [0.1, 0.15) is 0 Å². The van der Waals surface area contributed by atoms with Crippen LogP contribution in [0.1, 0.15) is 5.56 Å². The van der Waals surface area contributed by atoms with Gasteiger partial charge in [-0.2, -0.15) is 0 Å². The molecule has 0 saturated heterocycles. The lowest BCUT2D eigenvalue weighted by molar-refractivity contribution is 0.322. The van der Waals surface area contributed by atoms with Gasteiger partial charge < -0.3 is 10.8 Å². The van der Waals surface area contributed by atoms with E-state index in [1.165, 1.54) is 0 Å². The van der Waals surface area contributed by atoms with Crippen molar-refractivity contribution >= 4 is 27.7 Å². The van der Waals surface area contributed by atoms with Gasteiger partial charge in [-0.15, -0.1) is 11.8 Å². The van der Waals surface area contributed by atoms with E-state index < -0.39 is 0 Å². The number of rotatable bonds is 4. The lowest BCUT2D eigenvalue weighted by atomic mass is 10.2. The average Bonchev–Trinajstić information content (AvgIpc) is 2.16. The second-order valence-corrected chi connectivity index (χ2v) is 4.58. The molecule has 0 saturated carbocycles. The topological polar surface area (TPSA) is 46.2 Å². The standard InChI is InChI=1S/C9H12BrNOS/c10-8-1-2-9(13-4-3-12)7(5-8)6-11/h1-2,5,12H,3-4,6,11H2. The molecule has 0 radical (unpaired) electrons. The largest absolute Gasteiger partial charge is 0.396 e.